The van der Waals surface area contributed by atoms with Crippen LogP contribution in [0.1, 0.15) is 31.0 Å². The lowest BCUT2D eigenvalue weighted by atomic mass is 10.0. The molecule has 1 aliphatic carbocycles. The van der Waals surface area contributed by atoms with Crippen molar-refractivity contribution in [3.63, 3.8) is 0 Å². The van der Waals surface area contributed by atoms with E-state index in [2.05, 4.69) is 25.2 Å². The van der Waals surface area contributed by atoms with Crippen LogP contribution < -0.4 is 19.5 Å². The third kappa shape index (κ3) is 2.25. The van der Waals surface area contributed by atoms with Crippen molar-refractivity contribution in [3.05, 3.63) is 17.2 Å². The van der Waals surface area contributed by atoms with Crippen LogP contribution in [0, 0.1) is 5.92 Å². The first-order valence-corrected chi connectivity index (χ1v) is 6.72. The SMILES string of the molecule is CCNC1c2c(cc(OC)c(OC)c2OC)CC1C. The Labute approximate surface area is 115 Å². The summed E-state index contributed by atoms with van der Waals surface area (Å²) >= 11 is 0. The second-order valence-electron chi connectivity index (χ2n) is 4.93. The Morgan fingerprint density at radius 3 is 2.37 bits per heavy atom. The largest absolute Gasteiger partial charge is 0.493 e. The molecule has 4 nitrogen and oxygen atoms in total. The zero-order valence-corrected chi connectivity index (χ0v) is 12.4. The van der Waals surface area contributed by atoms with Crippen LogP contribution in [-0.2, 0) is 6.42 Å². The normalized spacial score (nSPS) is 21.1. The molecule has 4 heteroatoms. The van der Waals surface area contributed by atoms with E-state index in [4.69, 9.17) is 14.2 Å². The van der Waals surface area contributed by atoms with Gasteiger partial charge in [0.2, 0.25) is 5.75 Å². The van der Waals surface area contributed by atoms with Crippen LogP contribution in [-0.4, -0.2) is 27.9 Å². The van der Waals surface area contributed by atoms with Gasteiger partial charge in [-0.1, -0.05) is 13.8 Å². The highest BCUT2D eigenvalue weighted by Gasteiger charge is 2.35. The third-order valence-corrected chi connectivity index (χ3v) is 3.80. The molecule has 0 aliphatic heterocycles. The van der Waals surface area contributed by atoms with Crippen molar-refractivity contribution in [2.24, 2.45) is 5.92 Å². The Hall–Kier alpha value is -1.42. The molecule has 2 rings (SSSR count). The Morgan fingerprint density at radius 1 is 1.16 bits per heavy atom. The fourth-order valence-corrected chi connectivity index (χ4v) is 3.01. The molecular formula is C15H23NO3. The summed E-state index contributed by atoms with van der Waals surface area (Å²) in [6.07, 6.45) is 1.03. The average Bonchev–Trinajstić information content (AvgIpc) is 2.73. The smallest absolute Gasteiger partial charge is 0.203 e. The van der Waals surface area contributed by atoms with Crippen LogP contribution in [0.25, 0.3) is 0 Å². The first kappa shape index (κ1) is 14.0. The molecule has 0 saturated carbocycles. The molecule has 0 aromatic heterocycles. The maximum Gasteiger partial charge on any atom is 0.203 e. The molecule has 0 radical (unpaired) electrons. The molecule has 0 heterocycles. The Balaban J connectivity index is 2.59. The fraction of sp³-hybridized carbons (Fsp3) is 0.600. The summed E-state index contributed by atoms with van der Waals surface area (Å²) in [5.41, 5.74) is 2.50. The van der Waals surface area contributed by atoms with Gasteiger partial charge in [0.05, 0.1) is 21.3 Å². The molecule has 0 fully saturated rings. The summed E-state index contributed by atoms with van der Waals surface area (Å²) < 4.78 is 16.5. The molecule has 1 aromatic rings. The van der Waals surface area contributed by atoms with E-state index in [9.17, 15) is 0 Å². The number of benzene rings is 1. The standard InChI is InChI=1S/C15H23NO3/c1-6-16-13-9(2)7-10-8-11(17-3)14(18-4)15(19-5)12(10)13/h8-9,13,16H,6-7H2,1-5H3. The van der Waals surface area contributed by atoms with Crippen LogP contribution in [0.4, 0.5) is 0 Å². The van der Waals surface area contributed by atoms with E-state index in [1.807, 2.05) is 0 Å². The predicted octanol–water partition coefficient (Wildman–Crippen LogP) is 2.56. The molecule has 1 N–H and O–H groups in total. The van der Waals surface area contributed by atoms with Crippen LogP contribution in [0.3, 0.4) is 0 Å². The second kappa shape index (κ2) is 5.70. The summed E-state index contributed by atoms with van der Waals surface area (Å²) in [5.74, 6) is 2.76. The second-order valence-corrected chi connectivity index (χ2v) is 4.93. The van der Waals surface area contributed by atoms with E-state index >= 15 is 0 Å². The van der Waals surface area contributed by atoms with Gasteiger partial charge >= 0.3 is 0 Å². The first-order valence-electron chi connectivity index (χ1n) is 6.72. The van der Waals surface area contributed by atoms with Gasteiger partial charge in [0.15, 0.2) is 11.5 Å². The summed E-state index contributed by atoms with van der Waals surface area (Å²) in [6, 6.07) is 2.39. The van der Waals surface area contributed by atoms with Gasteiger partial charge in [-0.15, -0.1) is 0 Å². The zero-order valence-electron chi connectivity index (χ0n) is 12.4. The number of fused-ring (bicyclic) bond motifs is 1. The average molecular weight is 265 g/mol. The van der Waals surface area contributed by atoms with Crippen molar-refractivity contribution in [1.29, 1.82) is 0 Å². The van der Waals surface area contributed by atoms with Crippen LogP contribution in [0.5, 0.6) is 17.2 Å². The van der Waals surface area contributed by atoms with Gasteiger partial charge in [-0.05, 0) is 30.5 Å². The van der Waals surface area contributed by atoms with Crippen molar-refractivity contribution < 1.29 is 14.2 Å². The topological polar surface area (TPSA) is 39.7 Å². The number of rotatable bonds is 5. The number of methoxy groups -OCH3 is 3. The minimum atomic E-state index is 0.315. The monoisotopic (exact) mass is 265 g/mol. The summed E-state index contributed by atoms with van der Waals surface area (Å²) in [6.45, 7) is 5.32. The number of hydrogen-bond acceptors (Lipinski definition) is 4. The van der Waals surface area contributed by atoms with Crippen LogP contribution in [0.15, 0.2) is 6.07 Å². The summed E-state index contributed by atoms with van der Waals surface area (Å²) in [5, 5.41) is 3.54. The van der Waals surface area contributed by atoms with Crippen molar-refractivity contribution in [2.45, 2.75) is 26.3 Å². The van der Waals surface area contributed by atoms with E-state index in [1.54, 1.807) is 21.3 Å². The minimum absolute atomic E-state index is 0.315. The van der Waals surface area contributed by atoms with Gasteiger partial charge in [-0.3, -0.25) is 0 Å². The number of hydrogen-bond donors (Lipinski definition) is 1. The highest BCUT2D eigenvalue weighted by Crippen LogP contribution is 2.50. The maximum atomic E-state index is 5.60. The van der Waals surface area contributed by atoms with Crippen LogP contribution >= 0.6 is 0 Å². The van der Waals surface area contributed by atoms with Gasteiger partial charge in [0.1, 0.15) is 0 Å². The highest BCUT2D eigenvalue weighted by atomic mass is 16.5. The fourth-order valence-electron chi connectivity index (χ4n) is 3.01. The number of nitrogens with one attached hydrogen (secondary N) is 1. The molecule has 0 spiro atoms. The van der Waals surface area contributed by atoms with Gasteiger partial charge in [-0.25, -0.2) is 0 Å². The predicted molar refractivity (Wildman–Crippen MR) is 75.4 cm³/mol. The van der Waals surface area contributed by atoms with E-state index < -0.39 is 0 Å². The molecular weight excluding hydrogens is 242 g/mol. The van der Waals surface area contributed by atoms with Gasteiger partial charge < -0.3 is 19.5 Å². The summed E-state index contributed by atoms with van der Waals surface area (Å²) in [4.78, 5) is 0. The van der Waals surface area contributed by atoms with Crippen LogP contribution in [0.2, 0.25) is 0 Å². The van der Waals surface area contributed by atoms with Crippen molar-refractivity contribution in [3.8, 4) is 17.2 Å². The molecule has 0 bridgehead atoms. The summed E-state index contributed by atoms with van der Waals surface area (Å²) in [7, 11) is 4.99. The van der Waals surface area contributed by atoms with Gasteiger partial charge in [-0.2, -0.15) is 0 Å². The first-order chi connectivity index (χ1) is 9.17. The Bertz CT molecular complexity index is 459. The molecule has 2 unspecified atom stereocenters. The maximum absolute atomic E-state index is 5.60. The van der Waals surface area contributed by atoms with E-state index in [-0.39, 0.29) is 0 Å². The van der Waals surface area contributed by atoms with E-state index in [1.165, 1.54) is 11.1 Å². The molecule has 2 atom stereocenters. The molecule has 19 heavy (non-hydrogen) atoms. The molecule has 1 aliphatic rings. The lowest BCUT2D eigenvalue weighted by molar-refractivity contribution is 0.318. The molecule has 0 amide bonds. The van der Waals surface area contributed by atoms with E-state index in [0.717, 1.165) is 24.5 Å². The molecule has 0 saturated heterocycles. The lowest BCUT2D eigenvalue weighted by Crippen LogP contribution is -2.24. The van der Waals surface area contributed by atoms with E-state index in [0.29, 0.717) is 17.7 Å². The minimum Gasteiger partial charge on any atom is -0.493 e. The Morgan fingerprint density at radius 2 is 1.84 bits per heavy atom. The highest BCUT2D eigenvalue weighted by molar-refractivity contribution is 5.61. The molecule has 1 aromatic carbocycles. The van der Waals surface area contributed by atoms with Gasteiger partial charge in [0, 0.05) is 11.6 Å². The lowest BCUT2D eigenvalue weighted by Gasteiger charge is -2.21. The van der Waals surface area contributed by atoms with Crippen molar-refractivity contribution in [2.75, 3.05) is 27.9 Å². The zero-order chi connectivity index (χ0) is 14.0. The third-order valence-electron chi connectivity index (χ3n) is 3.80. The number of ether oxygens (including phenoxy) is 3. The van der Waals surface area contributed by atoms with Crippen molar-refractivity contribution in [1.82, 2.24) is 5.32 Å². The molecule has 106 valence electrons. The Kier molecular flexibility index (Phi) is 4.20. The van der Waals surface area contributed by atoms with Crippen molar-refractivity contribution >= 4 is 0 Å². The quantitative estimate of drug-likeness (QED) is 0.888. The van der Waals surface area contributed by atoms with Gasteiger partial charge in [0.25, 0.3) is 0 Å².